The monoisotopic (exact) mass is 296 g/mol. The second-order valence-corrected chi connectivity index (χ2v) is 7.60. The average molecular weight is 296 g/mol. The van der Waals surface area contributed by atoms with Gasteiger partial charge in [0, 0.05) is 26.2 Å². The van der Waals surface area contributed by atoms with Crippen LogP contribution in [0.15, 0.2) is 0 Å². The number of rotatable bonds is 7. The van der Waals surface area contributed by atoms with E-state index in [1.54, 1.807) is 11.8 Å². The number of aliphatic hydroxyl groups is 1. The highest BCUT2D eigenvalue weighted by molar-refractivity contribution is 7.98. The van der Waals surface area contributed by atoms with Crippen LogP contribution in [0.2, 0.25) is 0 Å². The Morgan fingerprint density at radius 3 is 2.56 bits per heavy atom. The molecule has 108 valence electrons. The molecule has 5 nitrogen and oxygen atoms in total. The van der Waals surface area contributed by atoms with Gasteiger partial charge < -0.3 is 5.11 Å². The molecule has 7 heteroatoms. The number of thioether (sulfide) groups is 1. The number of hydrogen-bond donors (Lipinski definition) is 2. The SMILES string of the molecule is CSCC(C)CNS(=O)(=O)N1CCC(CO)CC1. The molecule has 0 aromatic carbocycles. The van der Waals surface area contributed by atoms with Crippen LogP contribution in [0, 0.1) is 11.8 Å². The summed E-state index contributed by atoms with van der Waals surface area (Å²) in [6.07, 6.45) is 3.51. The number of piperidine rings is 1. The Morgan fingerprint density at radius 2 is 2.06 bits per heavy atom. The van der Waals surface area contributed by atoms with Crippen molar-refractivity contribution in [3.63, 3.8) is 0 Å². The van der Waals surface area contributed by atoms with Gasteiger partial charge in [0.15, 0.2) is 0 Å². The summed E-state index contributed by atoms with van der Waals surface area (Å²) in [5.41, 5.74) is 0. The molecular formula is C11H24N2O3S2. The minimum Gasteiger partial charge on any atom is -0.396 e. The van der Waals surface area contributed by atoms with Crippen LogP contribution in [0.3, 0.4) is 0 Å². The van der Waals surface area contributed by atoms with Crippen molar-refractivity contribution in [2.75, 3.05) is 38.2 Å². The van der Waals surface area contributed by atoms with Gasteiger partial charge in [-0.2, -0.15) is 24.5 Å². The maximum absolute atomic E-state index is 12.0. The smallest absolute Gasteiger partial charge is 0.279 e. The van der Waals surface area contributed by atoms with E-state index in [9.17, 15) is 8.42 Å². The van der Waals surface area contributed by atoms with Gasteiger partial charge in [-0.05, 0) is 36.7 Å². The summed E-state index contributed by atoms with van der Waals surface area (Å²) in [6, 6.07) is 0. The quantitative estimate of drug-likeness (QED) is 0.719. The molecule has 0 saturated carbocycles. The van der Waals surface area contributed by atoms with Gasteiger partial charge in [-0.1, -0.05) is 6.92 Å². The number of nitrogens with one attached hydrogen (secondary N) is 1. The van der Waals surface area contributed by atoms with E-state index in [2.05, 4.69) is 4.72 Å². The Bertz CT molecular complexity index is 327. The van der Waals surface area contributed by atoms with Gasteiger partial charge in [0.25, 0.3) is 10.2 Å². The second kappa shape index (κ2) is 7.69. The number of aliphatic hydroxyl groups excluding tert-OH is 1. The van der Waals surface area contributed by atoms with Gasteiger partial charge in [-0.3, -0.25) is 0 Å². The molecule has 0 aromatic rings. The molecule has 0 radical (unpaired) electrons. The minimum absolute atomic E-state index is 0.159. The molecule has 1 aliphatic rings. The highest BCUT2D eigenvalue weighted by Crippen LogP contribution is 2.18. The lowest BCUT2D eigenvalue weighted by molar-refractivity contribution is 0.169. The van der Waals surface area contributed by atoms with Crippen molar-refractivity contribution in [1.82, 2.24) is 9.03 Å². The van der Waals surface area contributed by atoms with Crippen molar-refractivity contribution in [1.29, 1.82) is 0 Å². The predicted molar refractivity (Wildman–Crippen MR) is 75.9 cm³/mol. The van der Waals surface area contributed by atoms with Crippen molar-refractivity contribution in [3.05, 3.63) is 0 Å². The van der Waals surface area contributed by atoms with E-state index in [-0.39, 0.29) is 12.5 Å². The van der Waals surface area contributed by atoms with Crippen LogP contribution >= 0.6 is 11.8 Å². The van der Waals surface area contributed by atoms with Gasteiger partial charge in [0.1, 0.15) is 0 Å². The van der Waals surface area contributed by atoms with Crippen LogP contribution in [0.5, 0.6) is 0 Å². The Kier molecular flexibility index (Phi) is 6.94. The molecule has 1 unspecified atom stereocenters. The normalized spacial score (nSPS) is 21.1. The summed E-state index contributed by atoms with van der Waals surface area (Å²) < 4.78 is 28.2. The lowest BCUT2D eigenvalue weighted by atomic mass is 10.00. The van der Waals surface area contributed by atoms with Gasteiger partial charge in [-0.15, -0.1) is 0 Å². The first-order chi connectivity index (χ1) is 8.49. The van der Waals surface area contributed by atoms with E-state index < -0.39 is 10.2 Å². The molecule has 1 aliphatic heterocycles. The van der Waals surface area contributed by atoms with Crippen molar-refractivity contribution in [2.45, 2.75) is 19.8 Å². The lowest BCUT2D eigenvalue weighted by Gasteiger charge is -2.30. The fourth-order valence-corrected chi connectivity index (χ4v) is 4.07. The first-order valence-corrected chi connectivity index (χ1v) is 9.17. The zero-order chi connectivity index (χ0) is 13.6. The standard InChI is InChI=1S/C11H24N2O3S2/c1-10(9-17-2)7-12-18(15,16)13-5-3-11(8-14)4-6-13/h10-12,14H,3-9H2,1-2H3. The van der Waals surface area contributed by atoms with Crippen LogP contribution in [0.1, 0.15) is 19.8 Å². The fraction of sp³-hybridized carbons (Fsp3) is 1.00. The molecule has 0 aliphatic carbocycles. The summed E-state index contributed by atoms with van der Waals surface area (Å²) >= 11 is 1.72. The maximum atomic E-state index is 12.0. The van der Waals surface area contributed by atoms with Crippen molar-refractivity contribution in [3.8, 4) is 0 Å². The summed E-state index contributed by atoms with van der Waals surface area (Å²) in [5.74, 6) is 1.55. The topological polar surface area (TPSA) is 69.6 Å². The Morgan fingerprint density at radius 1 is 1.44 bits per heavy atom. The van der Waals surface area contributed by atoms with Crippen LogP contribution in [-0.4, -0.2) is 56.1 Å². The highest BCUT2D eigenvalue weighted by Gasteiger charge is 2.27. The summed E-state index contributed by atoms with van der Waals surface area (Å²) in [6.45, 7) is 3.71. The third-order valence-corrected chi connectivity index (χ3v) is 5.72. The predicted octanol–water partition coefficient (Wildman–Crippen LogP) is 0.524. The van der Waals surface area contributed by atoms with E-state index in [4.69, 9.17) is 5.11 Å². The van der Waals surface area contributed by atoms with Crippen LogP contribution in [0.4, 0.5) is 0 Å². The Labute approximate surface area is 115 Å². The van der Waals surface area contributed by atoms with Crippen LogP contribution < -0.4 is 4.72 Å². The van der Waals surface area contributed by atoms with Crippen molar-refractivity contribution in [2.24, 2.45) is 11.8 Å². The summed E-state index contributed by atoms with van der Waals surface area (Å²) in [5, 5.41) is 9.03. The minimum atomic E-state index is -3.34. The molecule has 2 N–H and O–H groups in total. The van der Waals surface area contributed by atoms with Crippen molar-refractivity contribution < 1.29 is 13.5 Å². The van der Waals surface area contributed by atoms with Gasteiger partial charge in [-0.25, -0.2) is 4.72 Å². The Balaban J connectivity index is 2.40. The van der Waals surface area contributed by atoms with Crippen molar-refractivity contribution >= 4 is 22.0 Å². The molecule has 18 heavy (non-hydrogen) atoms. The number of hydrogen-bond acceptors (Lipinski definition) is 4. The molecule has 1 atom stereocenters. The summed E-state index contributed by atoms with van der Waals surface area (Å²) in [7, 11) is -3.34. The van der Waals surface area contributed by atoms with Crippen LogP contribution in [0.25, 0.3) is 0 Å². The zero-order valence-electron chi connectivity index (χ0n) is 11.1. The van der Waals surface area contributed by atoms with E-state index in [0.29, 0.717) is 25.6 Å². The van der Waals surface area contributed by atoms with E-state index in [1.807, 2.05) is 13.2 Å². The fourth-order valence-electron chi connectivity index (χ4n) is 2.01. The first-order valence-electron chi connectivity index (χ1n) is 6.34. The van der Waals surface area contributed by atoms with E-state index in [1.165, 1.54) is 4.31 Å². The zero-order valence-corrected chi connectivity index (χ0v) is 12.8. The van der Waals surface area contributed by atoms with E-state index in [0.717, 1.165) is 18.6 Å². The van der Waals surface area contributed by atoms with Gasteiger partial charge in [0.2, 0.25) is 0 Å². The van der Waals surface area contributed by atoms with Gasteiger partial charge >= 0.3 is 0 Å². The second-order valence-electron chi connectivity index (χ2n) is 4.94. The molecule has 0 amide bonds. The van der Waals surface area contributed by atoms with Crippen LogP contribution in [-0.2, 0) is 10.2 Å². The highest BCUT2D eigenvalue weighted by atomic mass is 32.2. The van der Waals surface area contributed by atoms with E-state index >= 15 is 0 Å². The molecule has 1 saturated heterocycles. The molecule has 1 heterocycles. The molecule has 1 rings (SSSR count). The lowest BCUT2D eigenvalue weighted by Crippen LogP contribution is -2.46. The Hall–Kier alpha value is 0.180. The molecular weight excluding hydrogens is 272 g/mol. The largest absolute Gasteiger partial charge is 0.396 e. The molecule has 0 aromatic heterocycles. The third kappa shape index (κ3) is 5.05. The number of nitrogens with zero attached hydrogens (tertiary/aromatic N) is 1. The third-order valence-electron chi connectivity index (χ3n) is 3.24. The van der Waals surface area contributed by atoms with Gasteiger partial charge in [0.05, 0.1) is 0 Å². The first kappa shape index (κ1) is 16.2. The molecule has 0 bridgehead atoms. The average Bonchev–Trinajstić information content (AvgIpc) is 2.37. The summed E-state index contributed by atoms with van der Waals surface area (Å²) in [4.78, 5) is 0. The molecule has 0 spiro atoms. The maximum Gasteiger partial charge on any atom is 0.279 e. The molecule has 1 fully saturated rings.